The molecule has 0 bridgehead atoms. The van der Waals surface area contributed by atoms with Crippen molar-refractivity contribution < 1.29 is 18.4 Å². The summed E-state index contributed by atoms with van der Waals surface area (Å²) >= 11 is 0. The van der Waals surface area contributed by atoms with Crippen molar-refractivity contribution in [1.29, 1.82) is 0 Å². The van der Waals surface area contributed by atoms with Gasteiger partial charge in [0.1, 0.15) is 17.2 Å². The van der Waals surface area contributed by atoms with Gasteiger partial charge in [0.2, 0.25) is 5.91 Å². The quantitative estimate of drug-likeness (QED) is 0.863. The first-order chi connectivity index (χ1) is 12.0. The molecular weight excluding hydrogens is 364 g/mol. The molecule has 1 aliphatic carbocycles. The van der Waals surface area contributed by atoms with Crippen LogP contribution in [0, 0.1) is 23.5 Å². The predicted octanol–water partition coefficient (Wildman–Crippen LogP) is 2.05. The van der Waals surface area contributed by atoms with E-state index in [1.807, 2.05) is 0 Å². The van der Waals surface area contributed by atoms with E-state index in [-0.39, 0.29) is 43.2 Å². The molecule has 0 aromatic heterocycles. The SMILES string of the molecule is Cl.NC[C@H]1CCC[C@H]1C(=O)N1CCN(C(=O)c2c(F)cccc2F)CC1. The lowest BCUT2D eigenvalue weighted by atomic mass is 9.94. The lowest BCUT2D eigenvalue weighted by Crippen LogP contribution is -2.52. The van der Waals surface area contributed by atoms with Gasteiger partial charge in [-0.05, 0) is 37.4 Å². The summed E-state index contributed by atoms with van der Waals surface area (Å²) in [4.78, 5) is 28.2. The van der Waals surface area contributed by atoms with Crippen molar-refractivity contribution in [2.75, 3.05) is 32.7 Å². The average Bonchev–Trinajstić information content (AvgIpc) is 3.09. The molecule has 1 aromatic carbocycles. The Kier molecular flexibility index (Phi) is 6.94. The zero-order valence-corrected chi connectivity index (χ0v) is 15.3. The van der Waals surface area contributed by atoms with E-state index in [1.54, 1.807) is 4.90 Å². The molecule has 0 radical (unpaired) electrons. The van der Waals surface area contributed by atoms with Crippen LogP contribution in [0.15, 0.2) is 18.2 Å². The molecule has 0 spiro atoms. The highest BCUT2D eigenvalue weighted by Gasteiger charge is 2.36. The first-order valence-corrected chi connectivity index (χ1v) is 8.75. The van der Waals surface area contributed by atoms with E-state index in [0.717, 1.165) is 31.4 Å². The van der Waals surface area contributed by atoms with Gasteiger partial charge in [0, 0.05) is 32.1 Å². The van der Waals surface area contributed by atoms with E-state index in [9.17, 15) is 18.4 Å². The molecule has 26 heavy (non-hydrogen) atoms. The summed E-state index contributed by atoms with van der Waals surface area (Å²) in [6, 6.07) is 3.37. The van der Waals surface area contributed by atoms with Crippen LogP contribution in [0.3, 0.4) is 0 Å². The highest BCUT2D eigenvalue weighted by molar-refractivity contribution is 5.95. The third-order valence-corrected chi connectivity index (χ3v) is 5.33. The summed E-state index contributed by atoms with van der Waals surface area (Å²) in [5.74, 6) is -2.09. The van der Waals surface area contributed by atoms with Gasteiger partial charge >= 0.3 is 0 Å². The molecule has 2 fully saturated rings. The van der Waals surface area contributed by atoms with Crippen LogP contribution in [0.2, 0.25) is 0 Å². The Morgan fingerprint density at radius 2 is 1.62 bits per heavy atom. The van der Waals surface area contributed by atoms with Gasteiger partial charge < -0.3 is 15.5 Å². The number of carbonyl (C=O) groups excluding carboxylic acids is 2. The summed E-state index contributed by atoms with van der Waals surface area (Å²) in [5.41, 5.74) is 5.22. The Hall–Kier alpha value is -1.73. The van der Waals surface area contributed by atoms with Gasteiger partial charge in [-0.1, -0.05) is 12.5 Å². The molecule has 5 nitrogen and oxygen atoms in total. The number of carbonyl (C=O) groups is 2. The molecule has 8 heteroatoms. The van der Waals surface area contributed by atoms with Crippen molar-refractivity contribution in [3.05, 3.63) is 35.4 Å². The second kappa shape index (κ2) is 8.77. The molecule has 1 heterocycles. The molecule has 144 valence electrons. The Labute approximate surface area is 157 Å². The monoisotopic (exact) mass is 387 g/mol. The third-order valence-electron chi connectivity index (χ3n) is 5.33. The number of nitrogens with zero attached hydrogens (tertiary/aromatic N) is 2. The summed E-state index contributed by atoms with van der Waals surface area (Å²) < 4.78 is 27.6. The third kappa shape index (κ3) is 3.99. The van der Waals surface area contributed by atoms with E-state index < -0.39 is 23.1 Å². The van der Waals surface area contributed by atoms with Crippen molar-refractivity contribution in [3.63, 3.8) is 0 Å². The molecule has 2 atom stereocenters. The minimum atomic E-state index is -0.861. The smallest absolute Gasteiger partial charge is 0.259 e. The molecule has 2 aliphatic rings. The molecule has 2 amide bonds. The van der Waals surface area contributed by atoms with Crippen molar-refractivity contribution >= 4 is 24.2 Å². The Bertz CT molecular complexity index is 646. The fourth-order valence-corrected chi connectivity index (χ4v) is 3.87. The number of rotatable bonds is 3. The highest BCUT2D eigenvalue weighted by Crippen LogP contribution is 2.32. The van der Waals surface area contributed by atoms with Crippen LogP contribution in [0.5, 0.6) is 0 Å². The van der Waals surface area contributed by atoms with Crippen LogP contribution in [-0.2, 0) is 4.79 Å². The zero-order valence-electron chi connectivity index (χ0n) is 14.5. The summed E-state index contributed by atoms with van der Waals surface area (Å²) in [6.45, 7) is 1.83. The Morgan fingerprint density at radius 3 is 2.19 bits per heavy atom. The number of halogens is 3. The Balaban J connectivity index is 0.00000243. The lowest BCUT2D eigenvalue weighted by molar-refractivity contribution is -0.138. The van der Waals surface area contributed by atoms with Gasteiger partial charge in [0.15, 0.2) is 0 Å². The first kappa shape index (κ1) is 20.6. The highest BCUT2D eigenvalue weighted by atomic mass is 35.5. The number of piperazine rings is 1. The van der Waals surface area contributed by atoms with Gasteiger partial charge in [0.25, 0.3) is 5.91 Å². The van der Waals surface area contributed by atoms with Gasteiger partial charge in [-0.25, -0.2) is 8.78 Å². The van der Waals surface area contributed by atoms with Crippen LogP contribution in [-0.4, -0.2) is 54.3 Å². The topological polar surface area (TPSA) is 66.6 Å². The van der Waals surface area contributed by atoms with Crippen molar-refractivity contribution in [2.24, 2.45) is 17.6 Å². The van der Waals surface area contributed by atoms with E-state index in [0.29, 0.717) is 19.6 Å². The molecule has 1 saturated heterocycles. The average molecular weight is 388 g/mol. The second-order valence-corrected chi connectivity index (χ2v) is 6.75. The fraction of sp³-hybridized carbons (Fsp3) is 0.556. The van der Waals surface area contributed by atoms with Crippen LogP contribution in [0.4, 0.5) is 8.78 Å². The van der Waals surface area contributed by atoms with Crippen molar-refractivity contribution in [3.8, 4) is 0 Å². The summed E-state index contributed by atoms with van der Waals surface area (Å²) in [6.07, 6.45) is 2.86. The fourth-order valence-electron chi connectivity index (χ4n) is 3.87. The molecule has 3 rings (SSSR count). The van der Waals surface area contributed by atoms with Gasteiger partial charge in [-0.15, -0.1) is 12.4 Å². The van der Waals surface area contributed by atoms with E-state index in [2.05, 4.69) is 0 Å². The zero-order chi connectivity index (χ0) is 18.0. The minimum absolute atomic E-state index is 0. The first-order valence-electron chi connectivity index (χ1n) is 8.75. The molecule has 2 N–H and O–H groups in total. The lowest BCUT2D eigenvalue weighted by Gasteiger charge is -2.36. The van der Waals surface area contributed by atoms with E-state index >= 15 is 0 Å². The molecule has 1 aromatic rings. The van der Waals surface area contributed by atoms with Crippen LogP contribution >= 0.6 is 12.4 Å². The van der Waals surface area contributed by atoms with Gasteiger partial charge in [0.05, 0.1) is 0 Å². The number of hydrogen-bond donors (Lipinski definition) is 1. The molecule has 1 saturated carbocycles. The molecule has 0 unspecified atom stereocenters. The number of amides is 2. The summed E-state index contributed by atoms with van der Waals surface area (Å²) in [7, 11) is 0. The van der Waals surface area contributed by atoms with Crippen LogP contribution in [0.25, 0.3) is 0 Å². The standard InChI is InChI=1S/C18H23F2N3O2.ClH/c19-14-5-2-6-15(20)16(14)18(25)23-9-7-22(8-10-23)17(24)13-4-1-3-12(13)11-21;/h2,5-6,12-13H,1,3-4,7-11,21H2;1H/t12-,13-;/m1./s1. The maximum atomic E-state index is 13.8. The van der Waals surface area contributed by atoms with Gasteiger partial charge in [-0.2, -0.15) is 0 Å². The van der Waals surface area contributed by atoms with Crippen molar-refractivity contribution in [2.45, 2.75) is 19.3 Å². The predicted molar refractivity (Wildman–Crippen MR) is 96.0 cm³/mol. The second-order valence-electron chi connectivity index (χ2n) is 6.75. The van der Waals surface area contributed by atoms with Crippen LogP contribution in [0.1, 0.15) is 29.6 Å². The molecule has 1 aliphatic heterocycles. The maximum Gasteiger partial charge on any atom is 0.259 e. The Morgan fingerprint density at radius 1 is 1.04 bits per heavy atom. The van der Waals surface area contributed by atoms with E-state index in [4.69, 9.17) is 5.73 Å². The van der Waals surface area contributed by atoms with Gasteiger partial charge in [-0.3, -0.25) is 9.59 Å². The normalized spacial score (nSPS) is 22.9. The van der Waals surface area contributed by atoms with E-state index in [1.165, 1.54) is 11.0 Å². The largest absolute Gasteiger partial charge is 0.339 e. The maximum absolute atomic E-state index is 13.8. The van der Waals surface area contributed by atoms with Crippen LogP contribution < -0.4 is 5.73 Å². The minimum Gasteiger partial charge on any atom is -0.339 e. The summed E-state index contributed by atoms with van der Waals surface area (Å²) in [5, 5.41) is 0. The number of benzene rings is 1. The number of nitrogens with two attached hydrogens (primary N) is 1. The molecular formula is C18H24ClF2N3O2. The van der Waals surface area contributed by atoms with Crippen molar-refractivity contribution in [1.82, 2.24) is 9.80 Å². The number of hydrogen-bond acceptors (Lipinski definition) is 3.